The van der Waals surface area contributed by atoms with Gasteiger partial charge in [0.15, 0.2) is 5.75 Å². The molecular formula is C13H22N2O2. The molecule has 0 atom stereocenters. The third-order valence-electron chi connectivity index (χ3n) is 1.99. The summed E-state index contributed by atoms with van der Waals surface area (Å²) in [5.41, 5.74) is 0. The van der Waals surface area contributed by atoms with Gasteiger partial charge in [-0.25, -0.2) is 4.98 Å². The van der Waals surface area contributed by atoms with Gasteiger partial charge in [-0.2, -0.15) is 0 Å². The van der Waals surface area contributed by atoms with Gasteiger partial charge >= 0.3 is 0 Å². The summed E-state index contributed by atoms with van der Waals surface area (Å²) in [6.07, 6.45) is 1.83. The predicted octanol–water partition coefficient (Wildman–Crippen LogP) is 2.25. The molecule has 1 aromatic rings. The highest BCUT2D eigenvalue weighted by atomic mass is 16.5. The van der Waals surface area contributed by atoms with Crippen LogP contribution in [0.2, 0.25) is 0 Å². The molecule has 0 saturated carbocycles. The smallest absolute Gasteiger partial charge is 0.257 e. The van der Waals surface area contributed by atoms with Crippen LogP contribution in [0.3, 0.4) is 0 Å². The summed E-state index contributed by atoms with van der Waals surface area (Å²) in [6, 6.07) is 4.18. The van der Waals surface area contributed by atoms with Crippen molar-refractivity contribution in [3.05, 3.63) is 18.3 Å². The fourth-order valence-corrected chi connectivity index (χ4v) is 1.32. The quantitative estimate of drug-likeness (QED) is 0.740. The van der Waals surface area contributed by atoms with Crippen LogP contribution in [0.4, 0.5) is 0 Å². The molecule has 0 aliphatic carbocycles. The summed E-state index contributed by atoms with van der Waals surface area (Å²) in [4.78, 5) is 4.17. The largest absolute Gasteiger partial charge is 0.485 e. The highest BCUT2D eigenvalue weighted by Gasteiger charge is 2.07. The summed E-state index contributed by atoms with van der Waals surface area (Å²) in [5.74, 6) is 1.26. The first kappa shape index (κ1) is 13.8. The van der Waals surface area contributed by atoms with Crippen molar-refractivity contribution in [1.29, 1.82) is 0 Å². The van der Waals surface area contributed by atoms with Crippen LogP contribution in [0.1, 0.15) is 27.7 Å². The lowest BCUT2D eigenvalue weighted by Gasteiger charge is -2.14. The molecule has 4 heteroatoms. The van der Waals surface area contributed by atoms with Gasteiger partial charge in [-0.15, -0.1) is 0 Å². The predicted molar refractivity (Wildman–Crippen MR) is 68.6 cm³/mol. The Morgan fingerprint density at radius 1 is 1.29 bits per heavy atom. The fourth-order valence-electron chi connectivity index (χ4n) is 1.32. The number of rotatable bonds is 7. The van der Waals surface area contributed by atoms with Crippen LogP contribution in [0.15, 0.2) is 18.3 Å². The minimum Gasteiger partial charge on any atom is -0.485 e. The van der Waals surface area contributed by atoms with Crippen molar-refractivity contribution >= 4 is 0 Å². The molecule has 0 aliphatic heterocycles. The van der Waals surface area contributed by atoms with Gasteiger partial charge in [0, 0.05) is 18.8 Å². The van der Waals surface area contributed by atoms with Gasteiger partial charge < -0.3 is 14.8 Å². The van der Waals surface area contributed by atoms with Crippen molar-refractivity contribution in [1.82, 2.24) is 10.3 Å². The first-order valence-corrected chi connectivity index (χ1v) is 6.07. The first-order valence-electron chi connectivity index (χ1n) is 6.07. The summed E-state index contributed by atoms with van der Waals surface area (Å²) in [7, 11) is 0. The zero-order valence-corrected chi connectivity index (χ0v) is 11.1. The second kappa shape index (κ2) is 7.12. The Balaban J connectivity index is 2.46. The number of hydrogen-bond acceptors (Lipinski definition) is 4. The van der Waals surface area contributed by atoms with Crippen LogP contribution in [-0.2, 0) is 0 Å². The Morgan fingerprint density at radius 2 is 2.06 bits per heavy atom. The van der Waals surface area contributed by atoms with Crippen molar-refractivity contribution in [2.75, 3.05) is 13.2 Å². The number of ether oxygens (including phenoxy) is 2. The Kier molecular flexibility index (Phi) is 5.77. The van der Waals surface area contributed by atoms with Crippen LogP contribution >= 0.6 is 0 Å². The summed E-state index contributed by atoms with van der Waals surface area (Å²) < 4.78 is 11.2. The molecule has 1 heterocycles. The number of nitrogens with zero attached hydrogens (tertiary/aromatic N) is 1. The minimum absolute atomic E-state index is 0.121. The van der Waals surface area contributed by atoms with E-state index < -0.39 is 0 Å². The average molecular weight is 238 g/mol. The number of aromatic nitrogens is 1. The highest BCUT2D eigenvalue weighted by Crippen LogP contribution is 2.24. The molecule has 0 aromatic carbocycles. The lowest BCUT2D eigenvalue weighted by Crippen LogP contribution is -2.27. The Hall–Kier alpha value is -1.29. The Labute approximate surface area is 103 Å². The van der Waals surface area contributed by atoms with Gasteiger partial charge in [-0.3, -0.25) is 0 Å². The Morgan fingerprint density at radius 3 is 2.71 bits per heavy atom. The van der Waals surface area contributed by atoms with E-state index in [1.165, 1.54) is 0 Å². The van der Waals surface area contributed by atoms with Crippen molar-refractivity contribution in [2.45, 2.75) is 39.8 Å². The van der Waals surface area contributed by atoms with E-state index in [1.54, 1.807) is 6.20 Å². The Bertz CT molecular complexity index is 327. The molecule has 0 fully saturated rings. The van der Waals surface area contributed by atoms with E-state index in [-0.39, 0.29) is 6.10 Å². The third kappa shape index (κ3) is 5.54. The van der Waals surface area contributed by atoms with Gasteiger partial charge in [-0.05, 0) is 26.0 Å². The first-order chi connectivity index (χ1) is 8.09. The molecule has 1 rings (SSSR count). The monoisotopic (exact) mass is 238 g/mol. The maximum absolute atomic E-state index is 5.62. The summed E-state index contributed by atoms with van der Waals surface area (Å²) in [5, 5.41) is 3.28. The molecule has 96 valence electrons. The molecule has 0 unspecified atom stereocenters. The molecule has 0 saturated heterocycles. The minimum atomic E-state index is 0.121. The van der Waals surface area contributed by atoms with Crippen LogP contribution in [0, 0.1) is 0 Å². The molecule has 0 bridgehead atoms. The van der Waals surface area contributed by atoms with E-state index in [0.29, 0.717) is 24.3 Å². The normalized spacial score (nSPS) is 10.9. The number of hydrogen-bond donors (Lipinski definition) is 1. The molecule has 4 nitrogen and oxygen atoms in total. The van der Waals surface area contributed by atoms with E-state index in [0.717, 1.165) is 6.54 Å². The molecule has 0 spiro atoms. The van der Waals surface area contributed by atoms with Gasteiger partial charge in [0.2, 0.25) is 0 Å². The maximum atomic E-state index is 5.62. The highest BCUT2D eigenvalue weighted by molar-refractivity contribution is 5.32. The zero-order valence-electron chi connectivity index (χ0n) is 11.1. The summed E-state index contributed by atoms with van der Waals surface area (Å²) >= 11 is 0. The van der Waals surface area contributed by atoms with Crippen molar-refractivity contribution in [2.24, 2.45) is 0 Å². The number of pyridine rings is 1. The molecule has 0 amide bonds. The molecular weight excluding hydrogens is 216 g/mol. The average Bonchev–Trinajstić information content (AvgIpc) is 2.25. The molecule has 1 N–H and O–H groups in total. The summed E-state index contributed by atoms with van der Waals surface area (Å²) in [6.45, 7) is 9.56. The zero-order chi connectivity index (χ0) is 12.7. The van der Waals surface area contributed by atoms with E-state index in [2.05, 4.69) is 24.1 Å². The van der Waals surface area contributed by atoms with Gasteiger partial charge in [0.25, 0.3) is 5.88 Å². The maximum Gasteiger partial charge on any atom is 0.257 e. The standard InChI is InChI=1S/C13H22N2O2/c1-10(2)14-8-9-16-13-12(17-11(3)4)6-5-7-15-13/h5-7,10-11,14H,8-9H2,1-4H3. The van der Waals surface area contributed by atoms with Gasteiger partial charge in [-0.1, -0.05) is 13.8 Å². The van der Waals surface area contributed by atoms with E-state index >= 15 is 0 Å². The molecule has 1 aromatic heterocycles. The van der Waals surface area contributed by atoms with E-state index in [9.17, 15) is 0 Å². The SMILES string of the molecule is CC(C)NCCOc1ncccc1OC(C)C. The molecule has 0 aliphatic rings. The second-order valence-corrected chi connectivity index (χ2v) is 4.43. The lowest BCUT2D eigenvalue weighted by molar-refractivity contribution is 0.215. The van der Waals surface area contributed by atoms with Crippen LogP contribution in [-0.4, -0.2) is 30.3 Å². The van der Waals surface area contributed by atoms with E-state index in [4.69, 9.17) is 9.47 Å². The molecule has 17 heavy (non-hydrogen) atoms. The fraction of sp³-hybridized carbons (Fsp3) is 0.615. The van der Waals surface area contributed by atoms with Crippen molar-refractivity contribution in [3.63, 3.8) is 0 Å². The third-order valence-corrected chi connectivity index (χ3v) is 1.99. The van der Waals surface area contributed by atoms with Gasteiger partial charge in [0.05, 0.1) is 6.10 Å². The molecule has 0 radical (unpaired) electrons. The second-order valence-electron chi connectivity index (χ2n) is 4.43. The van der Waals surface area contributed by atoms with E-state index in [1.807, 2.05) is 26.0 Å². The topological polar surface area (TPSA) is 43.4 Å². The van der Waals surface area contributed by atoms with Crippen molar-refractivity contribution in [3.8, 4) is 11.6 Å². The van der Waals surface area contributed by atoms with Crippen LogP contribution in [0.25, 0.3) is 0 Å². The van der Waals surface area contributed by atoms with Gasteiger partial charge in [0.1, 0.15) is 6.61 Å². The van der Waals surface area contributed by atoms with Crippen LogP contribution in [0.5, 0.6) is 11.6 Å². The van der Waals surface area contributed by atoms with Crippen molar-refractivity contribution < 1.29 is 9.47 Å². The number of nitrogens with one attached hydrogen (secondary N) is 1. The lowest BCUT2D eigenvalue weighted by atomic mass is 10.4. The van der Waals surface area contributed by atoms with Crippen LogP contribution < -0.4 is 14.8 Å².